The third-order valence-corrected chi connectivity index (χ3v) is 4.95. The van der Waals surface area contributed by atoms with Crippen molar-refractivity contribution in [2.75, 3.05) is 31.1 Å². The molecule has 0 aliphatic carbocycles. The fourth-order valence-electron chi connectivity index (χ4n) is 3.43. The molecule has 1 aromatic rings. The molecule has 2 unspecified atom stereocenters. The zero-order chi connectivity index (χ0) is 14.1. The maximum atomic E-state index is 9.64. The summed E-state index contributed by atoms with van der Waals surface area (Å²) >= 11 is 6.27. The molecule has 2 saturated heterocycles. The van der Waals surface area contributed by atoms with Gasteiger partial charge < -0.3 is 10.0 Å². The SMILES string of the molecule is CC(O)c1ccc(N2CCC(N3CCCC3)C2)cc1Cl. The number of halogens is 1. The molecule has 0 radical (unpaired) electrons. The molecule has 2 atom stereocenters. The fraction of sp³-hybridized carbons (Fsp3) is 0.625. The molecule has 0 spiro atoms. The second-order valence-electron chi connectivity index (χ2n) is 6.01. The summed E-state index contributed by atoms with van der Waals surface area (Å²) in [6.07, 6.45) is 3.44. The number of hydrogen-bond acceptors (Lipinski definition) is 3. The topological polar surface area (TPSA) is 26.7 Å². The Balaban J connectivity index is 1.69. The van der Waals surface area contributed by atoms with E-state index in [1.54, 1.807) is 6.92 Å². The summed E-state index contributed by atoms with van der Waals surface area (Å²) < 4.78 is 0. The average molecular weight is 295 g/mol. The summed E-state index contributed by atoms with van der Waals surface area (Å²) in [6.45, 7) is 6.48. The summed E-state index contributed by atoms with van der Waals surface area (Å²) in [5.74, 6) is 0. The van der Waals surface area contributed by atoms with Gasteiger partial charge in [0.15, 0.2) is 0 Å². The van der Waals surface area contributed by atoms with Gasteiger partial charge in [0.25, 0.3) is 0 Å². The lowest BCUT2D eigenvalue weighted by Crippen LogP contribution is -2.35. The van der Waals surface area contributed by atoms with Crippen LogP contribution in [0.4, 0.5) is 5.69 Å². The van der Waals surface area contributed by atoms with Crippen molar-refractivity contribution >= 4 is 17.3 Å². The summed E-state index contributed by atoms with van der Waals surface area (Å²) in [5.41, 5.74) is 1.99. The second kappa shape index (κ2) is 5.92. The number of aliphatic hydroxyl groups is 1. The normalized spacial score (nSPS) is 25.4. The van der Waals surface area contributed by atoms with Crippen molar-refractivity contribution in [3.05, 3.63) is 28.8 Å². The van der Waals surface area contributed by atoms with Crippen LogP contribution in [0.2, 0.25) is 5.02 Å². The highest BCUT2D eigenvalue weighted by molar-refractivity contribution is 6.31. The standard InChI is InChI=1S/C16H23ClN2O/c1-12(20)15-5-4-13(10-16(15)17)19-9-6-14(11-19)18-7-2-3-8-18/h4-5,10,12,14,20H,2-3,6-9,11H2,1H3. The molecule has 20 heavy (non-hydrogen) atoms. The Bertz CT molecular complexity index is 472. The molecule has 3 nitrogen and oxygen atoms in total. The number of anilines is 1. The number of hydrogen-bond donors (Lipinski definition) is 1. The van der Waals surface area contributed by atoms with Crippen LogP contribution in [0, 0.1) is 0 Å². The highest BCUT2D eigenvalue weighted by Crippen LogP contribution is 2.30. The second-order valence-corrected chi connectivity index (χ2v) is 6.42. The first-order chi connectivity index (χ1) is 9.65. The van der Waals surface area contributed by atoms with E-state index in [0.717, 1.165) is 18.7 Å². The van der Waals surface area contributed by atoms with Gasteiger partial charge in [-0.3, -0.25) is 4.90 Å². The summed E-state index contributed by atoms with van der Waals surface area (Å²) in [6, 6.07) is 6.73. The zero-order valence-corrected chi connectivity index (χ0v) is 12.8. The molecule has 1 aromatic carbocycles. The zero-order valence-electron chi connectivity index (χ0n) is 12.1. The van der Waals surface area contributed by atoms with Gasteiger partial charge >= 0.3 is 0 Å². The van der Waals surface area contributed by atoms with Crippen LogP contribution in [0.1, 0.15) is 37.9 Å². The first kappa shape index (κ1) is 14.2. The minimum Gasteiger partial charge on any atom is -0.389 e. The number of benzene rings is 1. The minimum absolute atomic E-state index is 0.507. The molecule has 110 valence electrons. The third-order valence-electron chi connectivity index (χ3n) is 4.62. The van der Waals surface area contributed by atoms with Gasteiger partial charge in [-0.05, 0) is 57.0 Å². The molecule has 1 N–H and O–H groups in total. The van der Waals surface area contributed by atoms with Gasteiger partial charge in [-0.2, -0.15) is 0 Å². The van der Waals surface area contributed by atoms with Crippen molar-refractivity contribution in [2.24, 2.45) is 0 Å². The van der Waals surface area contributed by atoms with Gasteiger partial charge in [0.2, 0.25) is 0 Å². The molecule has 0 aromatic heterocycles. The molecule has 3 rings (SSSR count). The first-order valence-electron chi connectivity index (χ1n) is 7.61. The Labute approximate surface area is 126 Å². The largest absolute Gasteiger partial charge is 0.389 e. The Morgan fingerprint density at radius 2 is 2.00 bits per heavy atom. The van der Waals surface area contributed by atoms with Gasteiger partial charge in [-0.1, -0.05) is 17.7 Å². The van der Waals surface area contributed by atoms with E-state index in [4.69, 9.17) is 11.6 Å². The molecule has 2 aliphatic heterocycles. The monoisotopic (exact) mass is 294 g/mol. The van der Waals surface area contributed by atoms with E-state index in [-0.39, 0.29) is 0 Å². The van der Waals surface area contributed by atoms with Crippen LogP contribution >= 0.6 is 11.6 Å². The van der Waals surface area contributed by atoms with Crippen molar-refractivity contribution in [3.8, 4) is 0 Å². The maximum Gasteiger partial charge on any atom is 0.0776 e. The summed E-state index contributed by atoms with van der Waals surface area (Å²) in [7, 11) is 0. The quantitative estimate of drug-likeness (QED) is 0.928. The Morgan fingerprint density at radius 1 is 1.25 bits per heavy atom. The van der Waals surface area contributed by atoms with Gasteiger partial charge in [-0.25, -0.2) is 0 Å². The lowest BCUT2D eigenvalue weighted by Gasteiger charge is -2.25. The van der Waals surface area contributed by atoms with Crippen LogP contribution in [0.5, 0.6) is 0 Å². The van der Waals surface area contributed by atoms with Crippen molar-refractivity contribution in [1.29, 1.82) is 0 Å². The van der Waals surface area contributed by atoms with E-state index in [1.165, 1.54) is 38.0 Å². The fourth-order valence-corrected chi connectivity index (χ4v) is 3.77. The van der Waals surface area contributed by atoms with Crippen LogP contribution in [-0.2, 0) is 0 Å². The van der Waals surface area contributed by atoms with Crippen LogP contribution in [-0.4, -0.2) is 42.2 Å². The number of rotatable bonds is 3. The van der Waals surface area contributed by atoms with E-state index in [0.29, 0.717) is 11.1 Å². The van der Waals surface area contributed by atoms with E-state index >= 15 is 0 Å². The van der Waals surface area contributed by atoms with E-state index in [9.17, 15) is 5.11 Å². The summed E-state index contributed by atoms with van der Waals surface area (Å²) in [5, 5.41) is 10.3. The third kappa shape index (κ3) is 2.80. The molecule has 4 heteroatoms. The van der Waals surface area contributed by atoms with E-state index < -0.39 is 6.10 Å². The Hall–Kier alpha value is -0.770. The smallest absolute Gasteiger partial charge is 0.0776 e. The van der Waals surface area contributed by atoms with Crippen LogP contribution in [0.3, 0.4) is 0 Å². The van der Waals surface area contributed by atoms with Gasteiger partial charge in [0, 0.05) is 29.8 Å². The Kier molecular flexibility index (Phi) is 4.20. The van der Waals surface area contributed by atoms with E-state index in [2.05, 4.69) is 15.9 Å². The molecule has 2 heterocycles. The van der Waals surface area contributed by atoms with Gasteiger partial charge in [0.05, 0.1) is 6.10 Å². The molecule has 2 fully saturated rings. The lowest BCUT2D eigenvalue weighted by molar-refractivity contribution is 0.199. The van der Waals surface area contributed by atoms with Gasteiger partial charge in [0.1, 0.15) is 0 Å². The maximum absolute atomic E-state index is 9.64. The van der Waals surface area contributed by atoms with Crippen molar-refractivity contribution in [1.82, 2.24) is 4.90 Å². The van der Waals surface area contributed by atoms with Crippen molar-refractivity contribution in [3.63, 3.8) is 0 Å². The number of aliphatic hydroxyl groups excluding tert-OH is 1. The van der Waals surface area contributed by atoms with Gasteiger partial charge in [-0.15, -0.1) is 0 Å². The molecule has 2 aliphatic rings. The molecular formula is C16H23ClN2O. The average Bonchev–Trinajstić information content (AvgIpc) is 3.09. The van der Waals surface area contributed by atoms with Crippen molar-refractivity contribution in [2.45, 2.75) is 38.3 Å². The molecule has 0 amide bonds. The number of likely N-dealkylation sites (tertiary alicyclic amines) is 1. The number of nitrogens with zero attached hydrogens (tertiary/aromatic N) is 2. The van der Waals surface area contributed by atoms with Crippen LogP contribution in [0.15, 0.2) is 18.2 Å². The minimum atomic E-state index is -0.507. The molecule has 0 saturated carbocycles. The van der Waals surface area contributed by atoms with Crippen molar-refractivity contribution < 1.29 is 5.11 Å². The first-order valence-corrected chi connectivity index (χ1v) is 7.99. The van der Waals surface area contributed by atoms with Crippen LogP contribution < -0.4 is 4.90 Å². The molecule has 0 bridgehead atoms. The predicted molar refractivity (Wildman–Crippen MR) is 83.5 cm³/mol. The van der Waals surface area contributed by atoms with Crippen LogP contribution in [0.25, 0.3) is 0 Å². The van der Waals surface area contributed by atoms with E-state index in [1.807, 2.05) is 12.1 Å². The highest BCUT2D eigenvalue weighted by atomic mass is 35.5. The molecular weight excluding hydrogens is 272 g/mol. The summed E-state index contributed by atoms with van der Waals surface area (Å²) in [4.78, 5) is 5.05. The Morgan fingerprint density at radius 3 is 2.65 bits per heavy atom. The highest BCUT2D eigenvalue weighted by Gasteiger charge is 2.29. The lowest BCUT2D eigenvalue weighted by atomic mass is 10.1. The predicted octanol–water partition coefficient (Wildman–Crippen LogP) is 3.07.